The lowest BCUT2D eigenvalue weighted by atomic mass is 10.2. The molecule has 0 aromatic heterocycles. The van der Waals surface area contributed by atoms with E-state index in [4.69, 9.17) is 9.47 Å². The molecule has 6 nitrogen and oxygen atoms in total. The third-order valence-corrected chi connectivity index (χ3v) is 4.49. The van der Waals surface area contributed by atoms with Gasteiger partial charge in [0.05, 0.1) is 11.5 Å². The number of anilines is 1. The Labute approximate surface area is 147 Å². The van der Waals surface area contributed by atoms with Crippen molar-refractivity contribution in [1.29, 1.82) is 0 Å². The summed E-state index contributed by atoms with van der Waals surface area (Å²) in [5, 5.41) is 2.66. The molecule has 0 radical (unpaired) electrons. The zero-order chi connectivity index (χ0) is 18.3. The van der Waals surface area contributed by atoms with Gasteiger partial charge in [0.1, 0.15) is 19.0 Å². The second-order valence-corrected chi connectivity index (χ2v) is 7.53. The number of amides is 1. The molecule has 7 heteroatoms. The molecule has 1 N–H and O–H groups in total. The van der Waals surface area contributed by atoms with E-state index in [2.05, 4.69) is 5.32 Å². The van der Waals surface area contributed by atoms with Crippen molar-refractivity contribution in [2.45, 2.75) is 11.8 Å². The number of carbonyl (C=O) groups excluding carboxylic acids is 1. The van der Waals surface area contributed by atoms with Crippen molar-refractivity contribution in [2.75, 3.05) is 31.4 Å². The molecule has 0 heterocycles. The predicted molar refractivity (Wildman–Crippen MR) is 95.7 cm³/mol. The van der Waals surface area contributed by atoms with Gasteiger partial charge in [-0.2, -0.15) is 0 Å². The quantitative estimate of drug-likeness (QED) is 0.729. The maximum atomic E-state index is 11.9. The van der Waals surface area contributed by atoms with E-state index in [-0.39, 0.29) is 24.0 Å². The molecule has 0 saturated heterocycles. The molecule has 2 rings (SSSR count). The minimum Gasteiger partial charge on any atom is -0.491 e. The molecule has 0 saturated carbocycles. The van der Waals surface area contributed by atoms with Gasteiger partial charge in [-0.25, -0.2) is 8.42 Å². The van der Waals surface area contributed by atoms with E-state index in [1.54, 1.807) is 13.0 Å². The van der Waals surface area contributed by atoms with Crippen LogP contribution in [0.5, 0.6) is 5.75 Å². The first-order valence-electron chi connectivity index (χ1n) is 7.72. The molecule has 0 aliphatic heterocycles. The number of sulfone groups is 1. The lowest BCUT2D eigenvalue weighted by Crippen LogP contribution is -2.21. The van der Waals surface area contributed by atoms with Crippen LogP contribution in [0.15, 0.2) is 53.4 Å². The highest BCUT2D eigenvalue weighted by molar-refractivity contribution is 7.90. The molecule has 0 unspecified atom stereocenters. The summed E-state index contributed by atoms with van der Waals surface area (Å²) in [6.07, 6.45) is 1.12. The summed E-state index contributed by atoms with van der Waals surface area (Å²) < 4.78 is 33.9. The highest BCUT2D eigenvalue weighted by Gasteiger charge is 2.11. The Hall–Kier alpha value is -2.38. The third kappa shape index (κ3) is 6.21. The van der Waals surface area contributed by atoms with E-state index in [0.29, 0.717) is 12.3 Å². The molecule has 1 amide bonds. The van der Waals surface area contributed by atoms with Crippen molar-refractivity contribution in [3.05, 3.63) is 54.1 Å². The molecular formula is C18H21NO5S. The number of para-hydroxylation sites is 1. The Balaban J connectivity index is 1.78. The van der Waals surface area contributed by atoms with Crippen LogP contribution in [0.2, 0.25) is 0 Å². The topological polar surface area (TPSA) is 81.7 Å². The lowest BCUT2D eigenvalue weighted by molar-refractivity contribution is -0.120. The Bertz CT molecular complexity index is 819. The van der Waals surface area contributed by atoms with Gasteiger partial charge in [-0.15, -0.1) is 0 Å². The van der Waals surface area contributed by atoms with Gasteiger partial charge in [-0.1, -0.05) is 24.3 Å². The highest BCUT2D eigenvalue weighted by atomic mass is 32.2. The van der Waals surface area contributed by atoms with Crippen LogP contribution in [0.1, 0.15) is 5.56 Å². The fraction of sp³-hybridized carbons (Fsp3) is 0.278. The molecule has 0 fully saturated rings. The molecule has 0 aliphatic carbocycles. The molecule has 0 bridgehead atoms. The highest BCUT2D eigenvalue weighted by Crippen LogP contribution is 2.20. The van der Waals surface area contributed by atoms with E-state index in [1.165, 1.54) is 12.1 Å². The lowest BCUT2D eigenvalue weighted by Gasteiger charge is -2.11. The summed E-state index contributed by atoms with van der Waals surface area (Å²) in [4.78, 5) is 12.1. The third-order valence-electron chi connectivity index (χ3n) is 3.38. The molecule has 2 aromatic rings. The van der Waals surface area contributed by atoms with Crippen molar-refractivity contribution < 1.29 is 22.7 Å². The van der Waals surface area contributed by atoms with Crippen LogP contribution < -0.4 is 10.1 Å². The second-order valence-electron chi connectivity index (χ2n) is 5.51. The van der Waals surface area contributed by atoms with Gasteiger partial charge in [0.15, 0.2) is 9.84 Å². The standard InChI is InChI=1S/C18H21NO5S/c1-14-8-9-16(25(2,21)22)12-17(14)19-18(20)13-23-10-11-24-15-6-4-3-5-7-15/h3-9,12H,10-11,13H2,1-2H3,(H,19,20). The van der Waals surface area contributed by atoms with Crippen LogP contribution in [0.25, 0.3) is 0 Å². The minimum absolute atomic E-state index is 0.138. The van der Waals surface area contributed by atoms with Gasteiger partial charge in [-0.3, -0.25) is 4.79 Å². The molecule has 0 aliphatic rings. The summed E-state index contributed by atoms with van der Waals surface area (Å²) in [5.41, 5.74) is 1.23. The van der Waals surface area contributed by atoms with Crippen molar-refractivity contribution in [2.24, 2.45) is 0 Å². The summed E-state index contributed by atoms with van der Waals surface area (Å²) in [6, 6.07) is 13.9. The van der Waals surface area contributed by atoms with Crippen molar-refractivity contribution in [1.82, 2.24) is 0 Å². The van der Waals surface area contributed by atoms with E-state index in [0.717, 1.165) is 17.6 Å². The average molecular weight is 363 g/mol. The normalized spacial score (nSPS) is 11.1. The van der Waals surface area contributed by atoms with Gasteiger partial charge < -0.3 is 14.8 Å². The maximum absolute atomic E-state index is 11.9. The van der Waals surface area contributed by atoms with Crippen LogP contribution in [-0.4, -0.2) is 40.4 Å². The molecule has 25 heavy (non-hydrogen) atoms. The minimum atomic E-state index is -3.33. The molecule has 134 valence electrons. The number of benzene rings is 2. The number of rotatable bonds is 8. The maximum Gasteiger partial charge on any atom is 0.250 e. The first-order chi connectivity index (χ1) is 11.9. The smallest absolute Gasteiger partial charge is 0.250 e. The van der Waals surface area contributed by atoms with Gasteiger partial charge in [0.2, 0.25) is 5.91 Å². The fourth-order valence-corrected chi connectivity index (χ4v) is 2.70. The number of hydrogen-bond acceptors (Lipinski definition) is 5. The van der Waals surface area contributed by atoms with Crippen LogP contribution in [0.4, 0.5) is 5.69 Å². The zero-order valence-corrected chi connectivity index (χ0v) is 15.0. The average Bonchev–Trinajstić information content (AvgIpc) is 2.56. The Morgan fingerprint density at radius 3 is 2.48 bits per heavy atom. The van der Waals surface area contributed by atoms with Gasteiger partial charge in [-0.05, 0) is 36.8 Å². The monoisotopic (exact) mass is 363 g/mol. The fourth-order valence-electron chi connectivity index (χ4n) is 2.05. The van der Waals surface area contributed by atoms with Crippen molar-refractivity contribution in [3.63, 3.8) is 0 Å². The molecule has 0 atom stereocenters. The number of carbonyl (C=O) groups is 1. The Morgan fingerprint density at radius 2 is 1.80 bits per heavy atom. The Kier molecular flexibility index (Phi) is 6.55. The van der Waals surface area contributed by atoms with E-state index in [1.807, 2.05) is 30.3 Å². The molecular weight excluding hydrogens is 342 g/mol. The summed E-state index contributed by atoms with van der Waals surface area (Å²) >= 11 is 0. The van der Waals surface area contributed by atoms with E-state index in [9.17, 15) is 13.2 Å². The van der Waals surface area contributed by atoms with Gasteiger partial charge in [0.25, 0.3) is 0 Å². The zero-order valence-electron chi connectivity index (χ0n) is 14.2. The molecule has 0 spiro atoms. The first-order valence-corrected chi connectivity index (χ1v) is 9.61. The first kappa shape index (κ1) is 19.0. The van der Waals surface area contributed by atoms with Crippen molar-refractivity contribution in [3.8, 4) is 5.75 Å². The van der Waals surface area contributed by atoms with Crippen molar-refractivity contribution >= 4 is 21.4 Å². The number of ether oxygens (including phenoxy) is 2. The largest absolute Gasteiger partial charge is 0.491 e. The summed E-state index contributed by atoms with van der Waals surface area (Å²) in [7, 11) is -3.33. The van der Waals surface area contributed by atoms with Crippen LogP contribution in [-0.2, 0) is 19.4 Å². The SMILES string of the molecule is Cc1ccc(S(C)(=O)=O)cc1NC(=O)COCCOc1ccccc1. The second kappa shape index (κ2) is 8.64. The number of aryl methyl sites for hydroxylation is 1. The Morgan fingerprint density at radius 1 is 1.08 bits per heavy atom. The van der Waals surface area contributed by atoms with Gasteiger partial charge in [0, 0.05) is 11.9 Å². The van der Waals surface area contributed by atoms with Gasteiger partial charge >= 0.3 is 0 Å². The van der Waals surface area contributed by atoms with Crippen LogP contribution in [0.3, 0.4) is 0 Å². The van der Waals surface area contributed by atoms with E-state index < -0.39 is 9.84 Å². The molecule has 2 aromatic carbocycles. The van der Waals surface area contributed by atoms with Crippen LogP contribution >= 0.6 is 0 Å². The summed E-state index contributed by atoms with van der Waals surface area (Å²) in [6.45, 7) is 2.25. The number of hydrogen-bond donors (Lipinski definition) is 1. The number of nitrogens with one attached hydrogen (secondary N) is 1. The summed E-state index contributed by atoms with van der Waals surface area (Å²) in [5.74, 6) is 0.386. The predicted octanol–water partition coefficient (Wildman–Crippen LogP) is 2.43. The van der Waals surface area contributed by atoms with Crippen LogP contribution in [0, 0.1) is 6.92 Å². The van der Waals surface area contributed by atoms with E-state index >= 15 is 0 Å².